The summed E-state index contributed by atoms with van der Waals surface area (Å²) < 4.78 is 5.40. The Labute approximate surface area is 217 Å². The van der Waals surface area contributed by atoms with Crippen LogP contribution in [-0.4, -0.2) is 74.2 Å². The molecule has 1 aliphatic rings. The molecule has 0 N–H and O–H groups in total. The van der Waals surface area contributed by atoms with E-state index >= 15 is 0 Å². The Kier molecular flexibility index (Phi) is 9.74. The first-order chi connectivity index (χ1) is 17.7. The molecule has 3 aromatic carbocycles. The van der Waals surface area contributed by atoms with E-state index in [0.717, 1.165) is 45.0 Å². The zero-order valence-corrected chi connectivity index (χ0v) is 22.1. The molecule has 190 valence electrons. The van der Waals surface area contributed by atoms with E-state index in [1.807, 2.05) is 0 Å². The average Bonchev–Trinajstić information content (AvgIpc) is 2.96. The van der Waals surface area contributed by atoms with Crippen LogP contribution in [0.4, 0.5) is 0 Å². The summed E-state index contributed by atoms with van der Waals surface area (Å²) >= 11 is 0. The predicted octanol–water partition coefficient (Wildman–Crippen LogP) is 5.83. The van der Waals surface area contributed by atoms with Crippen LogP contribution in [0.1, 0.15) is 36.6 Å². The van der Waals surface area contributed by atoms with Gasteiger partial charge in [0, 0.05) is 51.9 Å². The van der Waals surface area contributed by atoms with Crippen LogP contribution in [0, 0.1) is 0 Å². The molecule has 4 nitrogen and oxygen atoms in total. The summed E-state index contributed by atoms with van der Waals surface area (Å²) in [5.41, 5.74) is 5.13. The topological polar surface area (TPSA) is 19.0 Å². The van der Waals surface area contributed by atoms with Gasteiger partial charge >= 0.3 is 0 Å². The molecule has 1 atom stereocenters. The molecule has 0 saturated carbocycles. The third-order valence-electron chi connectivity index (χ3n) is 7.46. The van der Waals surface area contributed by atoms with Crippen molar-refractivity contribution >= 4 is 5.57 Å². The highest BCUT2D eigenvalue weighted by Crippen LogP contribution is 2.26. The number of benzene rings is 3. The standard InChI is InChI=1S/C32H41N3O/c1-4-33-21-23-34(24-22-33)25-26-35(27(2)28-15-17-31(36-3)18-16-28)20-19-32(29-11-7-5-8-12-29)30-13-9-6-10-14-30/h5-19,27H,4,20-26H2,1-3H3/t27-/m1/s1. The molecule has 0 bridgehead atoms. The summed E-state index contributed by atoms with van der Waals surface area (Å²) in [4.78, 5) is 7.78. The molecule has 36 heavy (non-hydrogen) atoms. The maximum Gasteiger partial charge on any atom is 0.118 e. The average molecular weight is 484 g/mol. The molecular formula is C32H41N3O. The van der Waals surface area contributed by atoms with Crippen molar-refractivity contribution in [2.45, 2.75) is 19.9 Å². The summed E-state index contributed by atoms with van der Waals surface area (Å²) in [5, 5.41) is 0. The van der Waals surface area contributed by atoms with Gasteiger partial charge in [-0.25, -0.2) is 0 Å². The molecule has 0 aromatic heterocycles. The molecular weight excluding hydrogens is 442 g/mol. The number of likely N-dealkylation sites (N-methyl/N-ethyl adjacent to an activating group) is 1. The quantitative estimate of drug-likeness (QED) is 0.342. The predicted molar refractivity (Wildman–Crippen MR) is 151 cm³/mol. The molecule has 4 heteroatoms. The number of hydrogen-bond acceptors (Lipinski definition) is 4. The van der Waals surface area contributed by atoms with Crippen LogP contribution in [0.5, 0.6) is 5.75 Å². The largest absolute Gasteiger partial charge is 0.497 e. The van der Waals surface area contributed by atoms with Crippen LogP contribution in [0.25, 0.3) is 5.57 Å². The molecule has 0 radical (unpaired) electrons. The number of rotatable bonds is 11. The number of methoxy groups -OCH3 is 1. The Morgan fingerprint density at radius 3 is 1.92 bits per heavy atom. The van der Waals surface area contributed by atoms with Crippen LogP contribution in [-0.2, 0) is 0 Å². The van der Waals surface area contributed by atoms with Gasteiger partial charge in [0.15, 0.2) is 0 Å². The Hall–Kier alpha value is -2.92. The fourth-order valence-corrected chi connectivity index (χ4v) is 4.98. The molecule has 1 saturated heterocycles. The SMILES string of the molecule is CCN1CCN(CCN(CC=C(c2ccccc2)c2ccccc2)[C@H](C)c2ccc(OC)cc2)CC1. The van der Waals surface area contributed by atoms with Crippen molar-refractivity contribution in [1.82, 2.24) is 14.7 Å². The van der Waals surface area contributed by atoms with Crippen molar-refractivity contribution in [3.05, 3.63) is 108 Å². The maximum atomic E-state index is 5.40. The van der Waals surface area contributed by atoms with Gasteiger partial charge in [0.2, 0.25) is 0 Å². The summed E-state index contributed by atoms with van der Waals surface area (Å²) in [7, 11) is 1.72. The van der Waals surface area contributed by atoms with Gasteiger partial charge < -0.3 is 9.64 Å². The van der Waals surface area contributed by atoms with Crippen LogP contribution >= 0.6 is 0 Å². The lowest BCUT2D eigenvalue weighted by Crippen LogP contribution is -2.48. The Morgan fingerprint density at radius 2 is 1.39 bits per heavy atom. The first-order valence-electron chi connectivity index (χ1n) is 13.3. The van der Waals surface area contributed by atoms with Gasteiger partial charge in [0.25, 0.3) is 0 Å². The molecule has 1 fully saturated rings. The summed E-state index contributed by atoms with van der Waals surface area (Å²) in [6.07, 6.45) is 2.42. The van der Waals surface area contributed by atoms with E-state index in [9.17, 15) is 0 Å². The number of piperazine rings is 1. The second-order valence-electron chi connectivity index (χ2n) is 9.57. The van der Waals surface area contributed by atoms with Crippen LogP contribution < -0.4 is 4.74 Å². The second kappa shape index (κ2) is 13.4. The Bertz CT molecular complexity index is 1020. The normalized spacial score (nSPS) is 15.6. The van der Waals surface area contributed by atoms with Crippen LogP contribution in [0.15, 0.2) is 91.0 Å². The summed E-state index contributed by atoms with van der Waals surface area (Å²) in [5.74, 6) is 0.904. The van der Waals surface area contributed by atoms with Crippen molar-refractivity contribution in [2.24, 2.45) is 0 Å². The lowest BCUT2D eigenvalue weighted by atomic mass is 9.97. The number of hydrogen-bond donors (Lipinski definition) is 0. The van der Waals surface area contributed by atoms with Gasteiger partial charge in [-0.1, -0.05) is 85.8 Å². The third-order valence-corrected chi connectivity index (χ3v) is 7.46. The fourth-order valence-electron chi connectivity index (χ4n) is 4.98. The van der Waals surface area contributed by atoms with E-state index in [1.54, 1.807) is 7.11 Å². The van der Waals surface area contributed by atoms with Crippen molar-refractivity contribution in [3.63, 3.8) is 0 Å². The minimum atomic E-state index is 0.303. The summed E-state index contributed by atoms with van der Waals surface area (Å²) in [6, 6.07) is 30.4. The van der Waals surface area contributed by atoms with Crippen molar-refractivity contribution in [1.29, 1.82) is 0 Å². The van der Waals surface area contributed by atoms with E-state index in [1.165, 1.54) is 35.4 Å². The molecule has 1 aliphatic heterocycles. The van der Waals surface area contributed by atoms with E-state index in [2.05, 4.69) is 120 Å². The van der Waals surface area contributed by atoms with Gasteiger partial charge in [-0.2, -0.15) is 0 Å². The molecule has 1 heterocycles. The molecule has 4 rings (SSSR count). The molecule has 0 amide bonds. The zero-order valence-electron chi connectivity index (χ0n) is 22.1. The smallest absolute Gasteiger partial charge is 0.118 e. The minimum absolute atomic E-state index is 0.303. The summed E-state index contributed by atoms with van der Waals surface area (Å²) in [6.45, 7) is 13.4. The highest BCUT2D eigenvalue weighted by atomic mass is 16.5. The number of ether oxygens (including phenoxy) is 1. The van der Waals surface area contributed by atoms with Crippen LogP contribution in [0.3, 0.4) is 0 Å². The Balaban J connectivity index is 1.55. The molecule has 3 aromatic rings. The van der Waals surface area contributed by atoms with Gasteiger partial charge in [-0.15, -0.1) is 0 Å². The molecule has 0 aliphatic carbocycles. The first-order valence-corrected chi connectivity index (χ1v) is 13.3. The lowest BCUT2D eigenvalue weighted by molar-refractivity contribution is 0.116. The van der Waals surface area contributed by atoms with Gasteiger partial charge in [0.05, 0.1) is 7.11 Å². The zero-order chi connectivity index (χ0) is 25.2. The highest BCUT2D eigenvalue weighted by Gasteiger charge is 2.20. The van der Waals surface area contributed by atoms with Crippen molar-refractivity contribution in [2.75, 3.05) is 59.5 Å². The minimum Gasteiger partial charge on any atom is -0.497 e. The van der Waals surface area contributed by atoms with E-state index in [-0.39, 0.29) is 0 Å². The van der Waals surface area contributed by atoms with Crippen molar-refractivity contribution in [3.8, 4) is 5.75 Å². The monoisotopic (exact) mass is 483 g/mol. The van der Waals surface area contributed by atoms with E-state index in [0.29, 0.717) is 6.04 Å². The van der Waals surface area contributed by atoms with Gasteiger partial charge in [0.1, 0.15) is 5.75 Å². The van der Waals surface area contributed by atoms with Gasteiger partial charge in [-0.05, 0) is 47.9 Å². The fraction of sp³-hybridized carbons (Fsp3) is 0.375. The maximum absolute atomic E-state index is 5.40. The Morgan fingerprint density at radius 1 is 0.833 bits per heavy atom. The molecule has 0 spiro atoms. The highest BCUT2D eigenvalue weighted by molar-refractivity contribution is 5.79. The second-order valence-corrected chi connectivity index (χ2v) is 9.57. The number of nitrogens with zero attached hydrogens (tertiary/aromatic N) is 3. The third kappa shape index (κ3) is 7.07. The van der Waals surface area contributed by atoms with E-state index in [4.69, 9.17) is 4.74 Å². The van der Waals surface area contributed by atoms with Gasteiger partial charge in [-0.3, -0.25) is 9.80 Å². The van der Waals surface area contributed by atoms with E-state index < -0.39 is 0 Å². The lowest BCUT2D eigenvalue weighted by Gasteiger charge is -2.36. The molecule has 0 unspecified atom stereocenters. The first kappa shape index (κ1) is 26.2. The van der Waals surface area contributed by atoms with Crippen molar-refractivity contribution < 1.29 is 4.74 Å². The van der Waals surface area contributed by atoms with Crippen LogP contribution in [0.2, 0.25) is 0 Å².